The molecule has 5 nitrogen and oxygen atoms in total. The SMILES string of the molecule is CCNC(=O)CN(C)Cc1cc(N)cc(OC)c1. The minimum absolute atomic E-state index is 0.0240. The first kappa shape index (κ1) is 14.3. The number of carbonyl (C=O) groups is 1. The number of benzene rings is 1. The highest BCUT2D eigenvalue weighted by Crippen LogP contribution is 2.19. The van der Waals surface area contributed by atoms with Crippen LogP contribution in [0.5, 0.6) is 5.75 Å². The van der Waals surface area contributed by atoms with Gasteiger partial charge in [0.2, 0.25) is 5.91 Å². The summed E-state index contributed by atoms with van der Waals surface area (Å²) in [5.41, 5.74) is 7.47. The molecule has 18 heavy (non-hydrogen) atoms. The van der Waals surface area contributed by atoms with E-state index in [2.05, 4.69) is 5.32 Å². The second-order valence-electron chi connectivity index (χ2n) is 4.24. The number of carbonyl (C=O) groups excluding carboxylic acids is 1. The molecule has 1 rings (SSSR count). The van der Waals surface area contributed by atoms with E-state index in [1.165, 1.54) is 0 Å². The van der Waals surface area contributed by atoms with Gasteiger partial charge < -0.3 is 15.8 Å². The summed E-state index contributed by atoms with van der Waals surface area (Å²) in [7, 11) is 3.50. The lowest BCUT2D eigenvalue weighted by Crippen LogP contribution is -2.34. The predicted molar refractivity (Wildman–Crippen MR) is 72.4 cm³/mol. The minimum atomic E-state index is 0.0240. The van der Waals surface area contributed by atoms with Crippen LogP contribution < -0.4 is 15.8 Å². The van der Waals surface area contributed by atoms with Crippen LogP contribution in [0.3, 0.4) is 0 Å². The van der Waals surface area contributed by atoms with Crippen LogP contribution in [0.4, 0.5) is 5.69 Å². The van der Waals surface area contributed by atoms with Crippen LogP contribution in [0.25, 0.3) is 0 Å². The lowest BCUT2D eigenvalue weighted by Gasteiger charge is -2.16. The fourth-order valence-electron chi connectivity index (χ4n) is 1.76. The average molecular weight is 251 g/mol. The molecule has 0 fully saturated rings. The molecule has 0 atom stereocenters. The van der Waals surface area contributed by atoms with Gasteiger partial charge in [-0.05, 0) is 31.7 Å². The minimum Gasteiger partial charge on any atom is -0.497 e. The Kier molecular flexibility index (Phi) is 5.45. The zero-order chi connectivity index (χ0) is 13.5. The Morgan fingerprint density at radius 2 is 2.17 bits per heavy atom. The van der Waals surface area contributed by atoms with Crippen molar-refractivity contribution in [2.75, 3.05) is 33.0 Å². The molecule has 0 unspecified atom stereocenters. The molecular formula is C13H21N3O2. The normalized spacial score (nSPS) is 10.4. The molecule has 1 aromatic rings. The summed E-state index contributed by atoms with van der Waals surface area (Å²) in [6.45, 7) is 3.57. The number of rotatable bonds is 6. The molecule has 0 aliphatic carbocycles. The summed E-state index contributed by atoms with van der Waals surface area (Å²) in [5.74, 6) is 0.757. The lowest BCUT2D eigenvalue weighted by atomic mass is 10.2. The zero-order valence-electron chi connectivity index (χ0n) is 11.2. The second kappa shape index (κ2) is 6.86. The number of hydrogen-bond acceptors (Lipinski definition) is 4. The van der Waals surface area contributed by atoms with Gasteiger partial charge in [-0.15, -0.1) is 0 Å². The van der Waals surface area contributed by atoms with Gasteiger partial charge in [-0.3, -0.25) is 9.69 Å². The third-order valence-corrected chi connectivity index (χ3v) is 2.46. The topological polar surface area (TPSA) is 67.6 Å². The molecule has 1 amide bonds. The van der Waals surface area contributed by atoms with E-state index >= 15 is 0 Å². The Balaban J connectivity index is 2.61. The maximum Gasteiger partial charge on any atom is 0.234 e. The van der Waals surface area contributed by atoms with Crippen molar-refractivity contribution in [1.82, 2.24) is 10.2 Å². The number of likely N-dealkylation sites (N-methyl/N-ethyl adjacent to an activating group) is 2. The van der Waals surface area contributed by atoms with Gasteiger partial charge in [0, 0.05) is 24.8 Å². The molecule has 0 aromatic heterocycles. The van der Waals surface area contributed by atoms with E-state index in [-0.39, 0.29) is 5.91 Å². The summed E-state index contributed by atoms with van der Waals surface area (Å²) < 4.78 is 5.16. The fourth-order valence-corrected chi connectivity index (χ4v) is 1.76. The first-order chi connectivity index (χ1) is 8.55. The molecule has 0 saturated heterocycles. The van der Waals surface area contributed by atoms with E-state index in [1.54, 1.807) is 13.2 Å². The molecule has 0 saturated carbocycles. The Morgan fingerprint density at radius 1 is 1.44 bits per heavy atom. The first-order valence-electron chi connectivity index (χ1n) is 5.93. The van der Waals surface area contributed by atoms with Gasteiger partial charge in [0.15, 0.2) is 0 Å². The Morgan fingerprint density at radius 3 is 2.78 bits per heavy atom. The molecule has 0 heterocycles. The maximum atomic E-state index is 11.4. The lowest BCUT2D eigenvalue weighted by molar-refractivity contribution is -0.121. The van der Waals surface area contributed by atoms with Crippen LogP contribution >= 0.6 is 0 Å². The standard InChI is InChI=1S/C13H21N3O2/c1-4-15-13(17)9-16(2)8-10-5-11(14)7-12(6-10)18-3/h5-7H,4,8-9,14H2,1-3H3,(H,15,17). The first-order valence-corrected chi connectivity index (χ1v) is 5.93. The monoisotopic (exact) mass is 251 g/mol. The van der Waals surface area contributed by atoms with E-state index in [1.807, 2.05) is 31.0 Å². The largest absolute Gasteiger partial charge is 0.497 e. The molecule has 0 bridgehead atoms. The van der Waals surface area contributed by atoms with Crippen molar-refractivity contribution in [2.45, 2.75) is 13.5 Å². The highest BCUT2D eigenvalue weighted by molar-refractivity contribution is 5.77. The third kappa shape index (κ3) is 4.63. The van der Waals surface area contributed by atoms with Gasteiger partial charge in [0.1, 0.15) is 5.75 Å². The van der Waals surface area contributed by atoms with Crippen molar-refractivity contribution in [3.05, 3.63) is 23.8 Å². The van der Waals surface area contributed by atoms with Gasteiger partial charge >= 0.3 is 0 Å². The summed E-state index contributed by atoms with van der Waals surface area (Å²) in [4.78, 5) is 13.4. The number of hydrogen-bond donors (Lipinski definition) is 2. The van der Waals surface area contributed by atoms with Crippen molar-refractivity contribution in [3.63, 3.8) is 0 Å². The van der Waals surface area contributed by atoms with Crippen molar-refractivity contribution in [3.8, 4) is 5.75 Å². The van der Waals surface area contributed by atoms with Crippen LogP contribution in [0, 0.1) is 0 Å². The number of anilines is 1. The van der Waals surface area contributed by atoms with E-state index in [0.717, 1.165) is 11.3 Å². The molecule has 0 aliphatic heterocycles. The summed E-state index contributed by atoms with van der Waals surface area (Å²) in [6.07, 6.45) is 0. The van der Waals surface area contributed by atoms with Gasteiger partial charge in [0.05, 0.1) is 13.7 Å². The van der Waals surface area contributed by atoms with Crippen LogP contribution in [-0.4, -0.2) is 38.1 Å². The quantitative estimate of drug-likeness (QED) is 0.735. The van der Waals surface area contributed by atoms with E-state index < -0.39 is 0 Å². The Bertz CT molecular complexity index is 407. The molecule has 5 heteroatoms. The number of nitrogen functional groups attached to an aromatic ring is 1. The highest BCUT2D eigenvalue weighted by Gasteiger charge is 2.07. The second-order valence-corrected chi connectivity index (χ2v) is 4.24. The van der Waals surface area contributed by atoms with Gasteiger partial charge in [-0.25, -0.2) is 0 Å². The predicted octanol–water partition coefficient (Wildman–Crippen LogP) is 0.845. The van der Waals surface area contributed by atoms with Gasteiger partial charge in [-0.2, -0.15) is 0 Å². The smallest absolute Gasteiger partial charge is 0.234 e. The van der Waals surface area contributed by atoms with Crippen molar-refractivity contribution in [1.29, 1.82) is 0 Å². The van der Waals surface area contributed by atoms with Crippen LogP contribution in [-0.2, 0) is 11.3 Å². The Labute approximate surface area is 108 Å². The highest BCUT2D eigenvalue weighted by atomic mass is 16.5. The molecule has 1 aromatic carbocycles. The number of nitrogens with zero attached hydrogens (tertiary/aromatic N) is 1. The summed E-state index contributed by atoms with van der Waals surface area (Å²) >= 11 is 0. The number of ether oxygens (including phenoxy) is 1. The van der Waals surface area contributed by atoms with E-state index in [0.29, 0.717) is 25.3 Å². The van der Waals surface area contributed by atoms with E-state index in [4.69, 9.17) is 10.5 Å². The number of nitrogens with two attached hydrogens (primary N) is 1. The van der Waals surface area contributed by atoms with E-state index in [9.17, 15) is 4.79 Å². The Hall–Kier alpha value is -1.75. The van der Waals surface area contributed by atoms with Crippen LogP contribution in [0.1, 0.15) is 12.5 Å². The number of amides is 1. The molecule has 100 valence electrons. The molecular weight excluding hydrogens is 230 g/mol. The van der Waals surface area contributed by atoms with Crippen LogP contribution in [0.2, 0.25) is 0 Å². The third-order valence-electron chi connectivity index (χ3n) is 2.46. The molecule has 3 N–H and O–H groups in total. The molecule has 0 radical (unpaired) electrons. The fraction of sp³-hybridized carbons (Fsp3) is 0.462. The van der Waals surface area contributed by atoms with Gasteiger partial charge in [-0.1, -0.05) is 0 Å². The number of nitrogens with one attached hydrogen (secondary N) is 1. The average Bonchev–Trinajstić information content (AvgIpc) is 2.27. The maximum absolute atomic E-state index is 11.4. The van der Waals surface area contributed by atoms with Crippen molar-refractivity contribution >= 4 is 11.6 Å². The molecule has 0 spiro atoms. The van der Waals surface area contributed by atoms with Crippen molar-refractivity contribution in [2.24, 2.45) is 0 Å². The number of methoxy groups -OCH3 is 1. The summed E-state index contributed by atoms with van der Waals surface area (Å²) in [6, 6.07) is 5.58. The van der Waals surface area contributed by atoms with Gasteiger partial charge in [0.25, 0.3) is 0 Å². The summed E-state index contributed by atoms with van der Waals surface area (Å²) in [5, 5.41) is 2.77. The zero-order valence-corrected chi connectivity index (χ0v) is 11.2. The molecule has 0 aliphatic rings. The van der Waals surface area contributed by atoms with Crippen LogP contribution in [0.15, 0.2) is 18.2 Å². The van der Waals surface area contributed by atoms with Crippen molar-refractivity contribution < 1.29 is 9.53 Å².